The van der Waals surface area contributed by atoms with E-state index in [1.165, 1.54) is 5.56 Å². The van der Waals surface area contributed by atoms with Crippen molar-refractivity contribution in [2.45, 2.75) is 35.5 Å². The molecule has 92 valence electrons. The van der Waals surface area contributed by atoms with E-state index in [-0.39, 0.29) is 9.65 Å². The maximum atomic E-state index is 10.6. The second-order valence-corrected chi connectivity index (χ2v) is 6.23. The molecular formula is C13H16INO2. The van der Waals surface area contributed by atoms with Gasteiger partial charge >= 0.3 is 0 Å². The Morgan fingerprint density at radius 3 is 2.94 bits per heavy atom. The summed E-state index contributed by atoms with van der Waals surface area (Å²) in [5, 5.41) is 2.89. The zero-order chi connectivity index (χ0) is 12.1. The van der Waals surface area contributed by atoms with Gasteiger partial charge in [0.1, 0.15) is 3.55 Å². The Hall–Kier alpha value is -0.620. The van der Waals surface area contributed by atoms with Crippen LogP contribution in [0.5, 0.6) is 0 Å². The molecule has 0 aromatic heterocycles. The highest BCUT2D eigenvalue weighted by Crippen LogP contribution is 2.38. The van der Waals surface area contributed by atoms with Crippen molar-refractivity contribution in [1.82, 2.24) is 5.32 Å². The third-order valence-electron chi connectivity index (χ3n) is 3.11. The van der Waals surface area contributed by atoms with Crippen molar-refractivity contribution in [3.05, 3.63) is 35.9 Å². The van der Waals surface area contributed by atoms with Crippen molar-refractivity contribution in [2.24, 2.45) is 0 Å². The summed E-state index contributed by atoms with van der Waals surface area (Å²) in [7, 11) is 0. The number of hydrogen-bond donors (Lipinski definition) is 1. The van der Waals surface area contributed by atoms with Gasteiger partial charge in [0.05, 0.1) is 12.7 Å². The first-order valence-corrected chi connectivity index (χ1v) is 6.88. The molecule has 3 nitrogen and oxygen atoms in total. The second kappa shape index (κ2) is 5.82. The van der Waals surface area contributed by atoms with Gasteiger partial charge in [-0.15, -0.1) is 0 Å². The third kappa shape index (κ3) is 3.19. The summed E-state index contributed by atoms with van der Waals surface area (Å²) in [6.07, 6.45) is 3.97. The molecule has 17 heavy (non-hydrogen) atoms. The average Bonchev–Trinajstić information content (AvgIpc) is 2.70. The van der Waals surface area contributed by atoms with Crippen molar-refractivity contribution in [2.75, 3.05) is 0 Å². The van der Waals surface area contributed by atoms with Gasteiger partial charge in [-0.1, -0.05) is 52.9 Å². The fourth-order valence-corrected chi connectivity index (χ4v) is 3.18. The minimum absolute atomic E-state index is 0.105. The maximum Gasteiger partial charge on any atom is 0.208 e. The van der Waals surface area contributed by atoms with Crippen LogP contribution in [-0.4, -0.2) is 16.1 Å². The zero-order valence-electron chi connectivity index (χ0n) is 9.56. The number of hydrogen-bond acceptors (Lipinski definition) is 2. The van der Waals surface area contributed by atoms with Crippen LogP contribution in [0.25, 0.3) is 0 Å². The van der Waals surface area contributed by atoms with E-state index in [0.29, 0.717) is 6.61 Å². The van der Waals surface area contributed by atoms with Crippen molar-refractivity contribution < 1.29 is 9.53 Å². The van der Waals surface area contributed by atoms with E-state index < -0.39 is 0 Å². The van der Waals surface area contributed by atoms with E-state index in [0.717, 1.165) is 25.7 Å². The van der Waals surface area contributed by atoms with Gasteiger partial charge in [-0.05, 0) is 24.8 Å². The molecule has 0 bridgehead atoms. The summed E-state index contributed by atoms with van der Waals surface area (Å²) < 4.78 is 5.70. The van der Waals surface area contributed by atoms with Gasteiger partial charge in [-0.25, -0.2) is 0 Å². The number of carbonyl (C=O) groups is 1. The van der Waals surface area contributed by atoms with Crippen LogP contribution in [0.1, 0.15) is 24.8 Å². The van der Waals surface area contributed by atoms with Crippen LogP contribution < -0.4 is 5.32 Å². The van der Waals surface area contributed by atoms with Crippen molar-refractivity contribution in [1.29, 1.82) is 0 Å². The van der Waals surface area contributed by atoms with Gasteiger partial charge < -0.3 is 10.1 Å². The predicted octanol–water partition coefficient (Wildman–Crippen LogP) is 2.63. The lowest BCUT2D eigenvalue weighted by Crippen LogP contribution is -2.45. The van der Waals surface area contributed by atoms with Crippen LogP contribution in [0.2, 0.25) is 0 Å². The molecule has 1 aromatic rings. The van der Waals surface area contributed by atoms with Gasteiger partial charge in [0.15, 0.2) is 0 Å². The largest absolute Gasteiger partial charge is 0.370 e. The van der Waals surface area contributed by atoms with Crippen LogP contribution in [0, 0.1) is 0 Å². The molecule has 0 saturated heterocycles. The molecule has 1 fully saturated rings. The predicted molar refractivity (Wildman–Crippen MR) is 74.8 cm³/mol. The molecule has 4 heteroatoms. The second-order valence-electron chi connectivity index (χ2n) is 4.30. The number of halogens is 1. The fourth-order valence-electron chi connectivity index (χ4n) is 2.18. The lowest BCUT2D eigenvalue weighted by molar-refractivity contribution is -0.111. The van der Waals surface area contributed by atoms with Crippen LogP contribution in [0.3, 0.4) is 0 Å². The number of alkyl halides is 1. The normalized spacial score (nSPS) is 27.9. The molecule has 2 atom stereocenters. The van der Waals surface area contributed by atoms with Crippen LogP contribution >= 0.6 is 22.6 Å². The van der Waals surface area contributed by atoms with Gasteiger partial charge in [-0.3, -0.25) is 4.79 Å². The summed E-state index contributed by atoms with van der Waals surface area (Å²) >= 11 is 2.30. The summed E-state index contributed by atoms with van der Waals surface area (Å²) in [6, 6.07) is 10.1. The van der Waals surface area contributed by atoms with Crippen molar-refractivity contribution in [3.63, 3.8) is 0 Å². The minimum Gasteiger partial charge on any atom is -0.370 e. The molecule has 0 spiro atoms. The number of rotatable bonds is 5. The smallest absolute Gasteiger partial charge is 0.208 e. The fraction of sp³-hybridized carbons (Fsp3) is 0.462. The van der Waals surface area contributed by atoms with Crippen LogP contribution in [0.4, 0.5) is 0 Å². The molecule has 1 saturated carbocycles. The SMILES string of the molecule is O=CNC1(I)CCCC1OCc1ccccc1. The molecule has 1 aliphatic rings. The number of nitrogens with one attached hydrogen (secondary N) is 1. The summed E-state index contributed by atoms with van der Waals surface area (Å²) in [6.45, 7) is 0.608. The number of ether oxygens (including phenoxy) is 1. The number of benzene rings is 1. The third-order valence-corrected chi connectivity index (χ3v) is 4.66. The van der Waals surface area contributed by atoms with E-state index >= 15 is 0 Å². The summed E-state index contributed by atoms with van der Waals surface area (Å²) in [5.41, 5.74) is 1.17. The van der Waals surface area contributed by atoms with Gasteiger partial charge in [0.25, 0.3) is 0 Å². The molecule has 0 aliphatic heterocycles. The highest BCUT2D eigenvalue weighted by molar-refractivity contribution is 14.1. The average molecular weight is 345 g/mol. The van der Waals surface area contributed by atoms with Gasteiger partial charge in [0.2, 0.25) is 6.41 Å². The Labute approximate surface area is 115 Å². The Kier molecular flexibility index (Phi) is 4.39. The first-order chi connectivity index (χ1) is 8.24. The summed E-state index contributed by atoms with van der Waals surface area (Å²) in [4.78, 5) is 10.6. The van der Waals surface area contributed by atoms with E-state index in [1.54, 1.807) is 0 Å². The Morgan fingerprint density at radius 1 is 1.47 bits per heavy atom. The van der Waals surface area contributed by atoms with Crippen LogP contribution in [-0.2, 0) is 16.1 Å². The first-order valence-electron chi connectivity index (χ1n) is 5.80. The van der Waals surface area contributed by atoms with Crippen molar-refractivity contribution >= 4 is 29.0 Å². The highest BCUT2D eigenvalue weighted by Gasteiger charge is 2.41. The Balaban J connectivity index is 1.92. The number of carbonyl (C=O) groups excluding carboxylic acids is 1. The molecule has 0 radical (unpaired) electrons. The maximum absolute atomic E-state index is 10.6. The number of amides is 1. The monoisotopic (exact) mass is 345 g/mol. The van der Waals surface area contributed by atoms with Crippen molar-refractivity contribution in [3.8, 4) is 0 Å². The molecule has 2 rings (SSSR count). The molecule has 1 N–H and O–H groups in total. The topological polar surface area (TPSA) is 38.3 Å². The minimum atomic E-state index is -0.228. The van der Waals surface area contributed by atoms with Gasteiger partial charge in [-0.2, -0.15) is 0 Å². The Morgan fingerprint density at radius 2 is 2.24 bits per heavy atom. The van der Waals surface area contributed by atoms with E-state index in [1.807, 2.05) is 18.2 Å². The van der Waals surface area contributed by atoms with Gasteiger partial charge in [0, 0.05) is 0 Å². The van der Waals surface area contributed by atoms with Crippen LogP contribution in [0.15, 0.2) is 30.3 Å². The highest BCUT2D eigenvalue weighted by atomic mass is 127. The molecule has 1 amide bonds. The van der Waals surface area contributed by atoms with E-state index in [9.17, 15) is 4.79 Å². The lowest BCUT2D eigenvalue weighted by atomic mass is 10.2. The first kappa shape index (κ1) is 12.8. The summed E-state index contributed by atoms with van der Waals surface area (Å²) in [5.74, 6) is 0. The molecular weight excluding hydrogens is 329 g/mol. The standard InChI is InChI=1S/C13H16INO2/c14-13(15-10-16)8-4-7-12(13)17-9-11-5-2-1-3-6-11/h1-3,5-6,10,12H,4,7-9H2,(H,15,16). The molecule has 1 aromatic carbocycles. The Bertz CT molecular complexity index is 371. The van der Waals surface area contributed by atoms with E-state index in [2.05, 4.69) is 40.0 Å². The lowest BCUT2D eigenvalue weighted by Gasteiger charge is -2.29. The molecule has 2 unspecified atom stereocenters. The zero-order valence-corrected chi connectivity index (χ0v) is 11.7. The quantitative estimate of drug-likeness (QED) is 0.386. The molecule has 0 heterocycles. The molecule has 1 aliphatic carbocycles. The van der Waals surface area contributed by atoms with E-state index in [4.69, 9.17) is 4.74 Å².